The molecule has 0 bridgehead atoms. The Kier molecular flexibility index (Phi) is 6.16. The van der Waals surface area contributed by atoms with Crippen LogP contribution in [-0.2, 0) is 5.41 Å². The third-order valence-corrected chi connectivity index (χ3v) is 11.8. The van der Waals surface area contributed by atoms with Gasteiger partial charge in [0.15, 0.2) is 0 Å². The van der Waals surface area contributed by atoms with E-state index in [2.05, 4.69) is 183 Å². The highest BCUT2D eigenvalue weighted by atomic mass is 32.1. The summed E-state index contributed by atoms with van der Waals surface area (Å²) < 4.78 is 2.66. The number of nitrogens with zero attached hydrogens (tertiary/aromatic N) is 1. The van der Waals surface area contributed by atoms with Crippen LogP contribution in [-0.4, -0.2) is 0 Å². The first-order valence-electron chi connectivity index (χ1n) is 17.0. The second-order valence-electron chi connectivity index (χ2n) is 13.8. The quantitative estimate of drug-likeness (QED) is 0.173. The zero-order chi connectivity index (χ0) is 32.7. The minimum absolute atomic E-state index is 0.0891. The zero-order valence-corrected chi connectivity index (χ0v) is 28.3. The topological polar surface area (TPSA) is 3.24 Å². The van der Waals surface area contributed by atoms with Gasteiger partial charge in [0, 0.05) is 42.3 Å². The second-order valence-corrected chi connectivity index (χ2v) is 14.8. The molecule has 1 heterocycles. The summed E-state index contributed by atoms with van der Waals surface area (Å²) in [5.74, 6) is 0. The summed E-state index contributed by atoms with van der Waals surface area (Å²) in [5.41, 5.74) is 11.3. The van der Waals surface area contributed by atoms with Crippen molar-refractivity contribution in [2.24, 2.45) is 0 Å². The van der Waals surface area contributed by atoms with Gasteiger partial charge in [0.05, 0.1) is 5.69 Å². The number of hydrogen-bond donors (Lipinski definition) is 0. The van der Waals surface area contributed by atoms with Crippen molar-refractivity contribution in [3.63, 3.8) is 0 Å². The van der Waals surface area contributed by atoms with Crippen molar-refractivity contribution in [1.82, 2.24) is 0 Å². The second kappa shape index (κ2) is 10.7. The molecule has 1 aliphatic carbocycles. The third-order valence-electron chi connectivity index (χ3n) is 10.6. The van der Waals surface area contributed by atoms with Crippen LogP contribution in [0.5, 0.6) is 0 Å². The number of rotatable bonds is 4. The lowest BCUT2D eigenvalue weighted by Crippen LogP contribution is -2.16. The van der Waals surface area contributed by atoms with Crippen molar-refractivity contribution in [2.75, 3.05) is 4.90 Å². The highest BCUT2D eigenvalue weighted by Gasteiger charge is 2.35. The van der Waals surface area contributed by atoms with Crippen LogP contribution in [0.4, 0.5) is 17.1 Å². The van der Waals surface area contributed by atoms with Gasteiger partial charge in [0.25, 0.3) is 0 Å². The number of anilines is 3. The summed E-state index contributed by atoms with van der Waals surface area (Å²) in [6.07, 6.45) is 0. The molecular weight excluding hydrogens is 611 g/mol. The molecule has 0 unspecified atom stereocenters. The monoisotopic (exact) mass is 643 g/mol. The fraction of sp³-hybridized carbons (Fsp3) is 0.0638. The summed E-state index contributed by atoms with van der Waals surface area (Å²) in [6.45, 7) is 4.72. The molecule has 9 aromatic rings. The van der Waals surface area contributed by atoms with Crippen LogP contribution in [0.25, 0.3) is 64.0 Å². The summed E-state index contributed by atoms with van der Waals surface area (Å²) >= 11 is 1.87. The van der Waals surface area contributed by atoms with Crippen LogP contribution >= 0.6 is 11.3 Å². The smallest absolute Gasteiger partial charge is 0.0546 e. The van der Waals surface area contributed by atoms with E-state index in [1.54, 1.807) is 0 Å². The van der Waals surface area contributed by atoms with Crippen molar-refractivity contribution in [3.8, 4) is 22.3 Å². The van der Waals surface area contributed by atoms with Crippen LogP contribution in [0, 0.1) is 0 Å². The summed E-state index contributed by atoms with van der Waals surface area (Å²) in [6, 6.07) is 60.7. The summed E-state index contributed by atoms with van der Waals surface area (Å²) in [4.78, 5) is 2.47. The van der Waals surface area contributed by atoms with Crippen molar-refractivity contribution in [2.45, 2.75) is 19.3 Å². The van der Waals surface area contributed by atoms with Gasteiger partial charge >= 0.3 is 0 Å². The summed E-state index contributed by atoms with van der Waals surface area (Å²) in [7, 11) is 0. The molecule has 49 heavy (non-hydrogen) atoms. The van der Waals surface area contributed by atoms with Crippen LogP contribution in [0.3, 0.4) is 0 Å². The minimum Gasteiger partial charge on any atom is -0.310 e. The first-order valence-corrected chi connectivity index (χ1v) is 17.8. The molecular formula is C47H33NS. The molecule has 0 fully saturated rings. The Hall–Kier alpha value is -5.70. The molecule has 0 radical (unpaired) electrons. The molecule has 0 atom stereocenters. The van der Waals surface area contributed by atoms with Crippen molar-refractivity contribution >= 4 is 70.1 Å². The van der Waals surface area contributed by atoms with E-state index in [1.807, 2.05) is 11.3 Å². The summed E-state index contributed by atoms with van der Waals surface area (Å²) in [5, 5.41) is 7.69. The highest BCUT2D eigenvalue weighted by Crippen LogP contribution is 2.51. The van der Waals surface area contributed by atoms with E-state index in [-0.39, 0.29) is 5.41 Å². The van der Waals surface area contributed by atoms with Gasteiger partial charge in [-0.05, 0) is 92.0 Å². The molecule has 1 aliphatic rings. The molecule has 8 aromatic carbocycles. The van der Waals surface area contributed by atoms with Gasteiger partial charge in [0.2, 0.25) is 0 Å². The Morgan fingerprint density at radius 1 is 0.429 bits per heavy atom. The van der Waals surface area contributed by atoms with Gasteiger partial charge in [0.1, 0.15) is 0 Å². The molecule has 0 spiro atoms. The Morgan fingerprint density at radius 2 is 1.06 bits per heavy atom. The maximum absolute atomic E-state index is 2.47. The van der Waals surface area contributed by atoms with Crippen molar-refractivity contribution in [3.05, 3.63) is 175 Å². The van der Waals surface area contributed by atoms with Crippen molar-refractivity contribution in [1.29, 1.82) is 0 Å². The van der Waals surface area contributed by atoms with Crippen LogP contribution < -0.4 is 4.90 Å². The standard InChI is InChI=1S/C47H33NS/c1-47(2)42-17-9-7-14-37(42)38-26-24-34(29-43(38)47)48(44-27-32-11-3-4-12-35(32)36-13-5-6-15-39(36)44)33-22-19-30(20-23-33)31-21-25-41-40-16-8-10-18-45(40)49-46(41)28-31/h3-29H,1-2H3. The number of fused-ring (bicyclic) bond motifs is 9. The molecule has 0 aliphatic heterocycles. The van der Waals surface area contributed by atoms with Gasteiger partial charge in [-0.2, -0.15) is 0 Å². The Bertz CT molecular complexity index is 2750. The van der Waals surface area contributed by atoms with Gasteiger partial charge in [-0.25, -0.2) is 0 Å². The Balaban J connectivity index is 1.16. The number of benzene rings is 8. The Morgan fingerprint density at radius 3 is 1.92 bits per heavy atom. The third kappa shape index (κ3) is 4.31. The van der Waals surface area contributed by atoms with Crippen LogP contribution in [0.15, 0.2) is 164 Å². The van der Waals surface area contributed by atoms with E-state index in [4.69, 9.17) is 0 Å². The lowest BCUT2D eigenvalue weighted by molar-refractivity contribution is 0.660. The lowest BCUT2D eigenvalue weighted by atomic mass is 9.82. The lowest BCUT2D eigenvalue weighted by Gasteiger charge is -2.29. The molecule has 1 nitrogen and oxygen atoms in total. The molecule has 0 saturated carbocycles. The minimum atomic E-state index is -0.0891. The van der Waals surface area contributed by atoms with Crippen molar-refractivity contribution < 1.29 is 0 Å². The van der Waals surface area contributed by atoms with E-state index < -0.39 is 0 Å². The molecule has 0 amide bonds. The van der Waals surface area contributed by atoms with Gasteiger partial charge < -0.3 is 4.90 Å². The van der Waals surface area contributed by atoms with Crippen LogP contribution in [0.2, 0.25) is 0 Å². The zero-order valence-electron chi connectivity index (χ0n) is 27.4. The predicted molar refractivity (Wildman–Crippen MR) is 212 cm³/mol. The number of hydrogen-bond acceptors (Lipinski definition) is 2. The largest absolute Gasteiger partial charge is 0.310 e. The molecule has 232 valence electrons. The van der Waals surface area contributed by atoms with Crippen LogP contribution in [0.1, 0.15) is 25.0 Å². The van der Waals surface area contributed by atoms with E-state index >= 15 is 0 Å². The molecule has 0 saturated heterocycles. The maximum atomic E-state index is 2.47. The fourth-order valence-corrected chi connectivity index (χ4v) is 9.33. The SMILES string of the molecule is CC1(C)c2ccccc2-c2ccc(N(c3ccc(-c4ccc5c(c4)sc4ccccc45)cc3)c3cc4ccccc4c4ccccc34)cc21. The number of thiophene rings is 1. The maximum Gasteiger partial charge on any atom is 0.0546 e. The first kappa shape index (κ1) is 28.3. The average molecular weight is 644 g/mol. The predicted octanol–water partition coefficient (Wildman–Crippen LogP) is 13.8. The normalized spacial score (nSPS) is 13.3. The molecule has 10 rings (SSSR count). The molecule has 1 aromatic heterocycles. The van der Waals surface area contributed by atoms with E-state index in [0.29, 0.717) is 0 Å². The molecule has 2 heteroatoms. The van der Waals surface area contributed by atoms with Gasteiger partial charge in [-0.3, -0.25) is 0 Å². The average Bonchev–Trinajstić information content (AvgIpc) is 3.63. The molecule has 0 N–H and O–H groups in total. The van der Waals surface area contributed by atoms with E-state index in [9.17, 15) is 0 Å². The fourth-order valence-electron chi connectivity index (χ4n) is 8.19. The highest BCUT2D eigenvalue weighted by molar-refractivity contribution is 7.25. The van der Waals surface area contributed by atoms with E-state index in [0.717, 1.165) is 5.69 Å². The first-order chi connectivity index (χ1) is 24.0. The van der Waals surface area contributed by atoms with E-state index in [1.165, 1.54) is 86.5 Å². The van der Waals surface area contributed by atoms with Gasteiger partial charge in [-0.1, -0.05) is 135 Å². The Labute approximate surface area is 290 Å². The van der Waals surface area contributed by atoms with Gasteiger partial charge in [-0.15, -0.1) is 11.3 Å².